The van der Waals surface area contributed by atoms with E-state index in [1.165, 1.54) is 0 Å². The standard InChI is InChI=1S/C11H19NO2/c1-12-5-3-11(4-6-12)8-10(9-13)2-7-14-11/h9-10H,2-8H2,1H3. The van der Waals surface area contributed by atoms with Crippen LogP contribution in [-0.2, 0) is 9.53 Å². The molecule has 3 nitrogen and oxygen atoms in total. The van der Waals surface area contributed by atoms with Gasteiger partial charge in [0.05, 0.1) is 5.60 Å². The molecule has 2 aliphatic rings. The van der Waals surface area contributed by atoms with E-state index in [1.807, 2.05) is 0 Å². The van der Waals surface area contributed by atoms with Gasteiger partial charge in [0, 0.05) is 25.6 Å². The van der Waals surface area contributed by atoms with Crippen molar-refractivity contribution in [3.8, 4) is 0 Å². The fourth-order valence-corrected chi connectivity index (χ4v) is 2.56. The van der Waals surface area contributed by atoms with Gasteiger partial charge in [-0.05, 0) is 32.7 Å². The van der Waals surface area contributed by atoms with Crippen LogP contribution in [0.3, 0.4) is 0 Å². The van der Waals surface area contributed by atoms with Crippen molar-refractivity contribution in [2.24, 2.45) is 5.92 Å². The third-order valence-electron chi connectivity index (χ3n) is 3.62. The summed E-state index contributed by atoms with van der Waals surface area (Å²) in [6.07, 6.45) is 5.16. The van der Waals surface area contributed by atoms with Crippen LogP contribution >= 0.6 is 0 Å². The number of likely N-dealkylation sites (tertiary alicyclic amines) is 1. The second kappa shape index (κ2) is 3.99. The van der Waals surface area contributed by atoms with Gasteiger partial charge in [-0.15, -0.1) is 0 Å². The summed E-state index contributed by atoms with van der Waals surface area (Å²) in [6.45, 7) is 2.98. The van der Waals surface area contributed by atoms with Crippen molar-refractivity contribution in [2.75, 3.05) is 26.7 Å². The smallest absolute Gasteiger partial charge is 0.123 e. The Balaban J connectivity index is 1.97. The normalized spacial score (nSPS) is 33.1. The van der Waals surface area contributed by atoms with Crippen LogP contribution in [0.5, 0.6) is 0 Å². The Labute approximate surface area is 85.4 Å². The summed E-state index contributed by atoms with van der Waals surface area (Å²) >= 11 is 0. The highest BCUT2D eigenvalue weighted by atomic mass is 16.5. The predicted molar refractivity (Wildman–Crippen MR) is 54.2 cm³/mol. The Kier molecular flexibility index (Phi) is 2.88. The molecule has 1 atom stereocenters. The molecule has 0 aromatic carbocycles. The number of nitrogens with zero attached hydrogens (tertiary/aromatic N) is 1. The van der Waals surface area contributed by atoms with E-state index < -0.39 is 0 Å². The maximum atomic E-state index is 10.8. The van der Waals surface area contributed by atoms with Gasteiger partial charge < -0.3 is 14.4 Å². The highest BCUT2D eigenvalue weighted by Gasteiger charge is 2.39. The van der Waals surface area contributed by atoms with E-state index in [1.54, 1.807) is 0 Å². The van der Waals surface area contributed by atoms with Crippen molar-refractivity contribution in [1.29, 1.82) is 0 Å². The van der Waals surface area contributed by atoms with Crippen molar-refractivity contribution in [1.82, 2.24) is 4.90 Å². The molecule has 2 rings (SSSR count). The monoisotopic (exact) mass is 197 g/mol. The third kappa shape index (κ3) is 1.98. The molecule has 80 valence electrons. The van der Waals surface area contributed by atoms with Crippen molar-refractivity contribution >= 4 is 6.29 Å². The molecule has 0 radical (unpaired) electrons. The van der Waals surface area contributed by atoms with E-state index in [-0.39, 0.29) is 11.5 Å². The fourth-order valence-electron chi connectivity index (χ4n) is 2.56. The van der Waals surface area contributed by atoms with Crippen LogP contribution in [0.1, 0.15) is 25.7 Å². The molecule has 3 heteroatoms. The first-order chi connectivity index (χ1) is 6.74. The molecule has 1 unspecified atom stereocenters. The number of carbonyl (C=O) groups excluding carboxylic acids is 1. The molecule has 0 aliphatic carbocycles. The zero-order chi connectivity index (χ0) is 10.0. The first-order valence-electron chi connectivity index (χ1n) is 5.52. The zero-order valence-corrected chi connectivity index (χ0v) is 8.87. The van der Waals surface area contributed by atoms with Crippen LogP contribution in [-0.4, -0.2) is 43.5 Å². The van der Waals surface area contributed by atoms with Gasteiger partial charge in [-0.25, -0.2) is 0 Å². The average Bonchev–Trinajstić information content (AvgIpc) is 2.23. The quantitative estimate of drug-likeness (QED) is 0.589. The lowest BCUT2D eigenvalue weighted by Crippen LogP contribution is -2.48. The summed E-state index contributed by atoms with van der Waals surface area (Å²) < 4.78 is 5.90. The predicted octanol–water partition coefficient (Wildman–Crippen LogP) is 1.08. The first kappa shape index (κ1) is 10.1. The lowest BCUT2D eigenvalue weighted by Gasteiger charge is -2.44. The maximum absolute atomic E-state index is 10.8. The van der Waals surface area contributed by atoms with E-state index in [0.717, 1.165) is 51.7 Å². The third-order valence-corrected chi connectivity index (χ3v) is 3.62. The number of piperidine rings is 1. The van der Waals surface area contributed by atoms with E-state index in [0.29, 0.717) is 0 Å². The Morgan fingerprint density at radius 2 is 2.14 bits per heavy atom. The van der Waals surface area contributed by atoms with E-state index in [2.05, 4.69) is 11.9 Å². The molecule has 14 heavy (non-hydrogen) atoms. The largest absolute Gasteiger partial charge is 0.375 e. The second-order valence-corrected chi connectivity index (χ2v) is 4.72. The van der Waals surface area contributed by atoms with Crippen molar-refractivity contribution in [3.63, 3.8) is 0 Å². The van der Waals surface area contributed by atoms with E-state index in [4.69, 9.17) is 4.74 Å². The summed E-state index contributed by atoms with van der Waals surface area (Å²) in [6, 6.07) is 0. The Hall–Kier alpha value is -0.410. The van der Waals surface area contributed by atoms with Gasteiger partial charge in [-0.3, -0.25) is 0 Å². The van der Waals surface area contributed by atoms with E-state index >= 15 is 0 Å². The summed E-state index contributed by atoms with van der Waals surface area (Å²) in [7, 11) is 2.15. The number of ether oxygens (including phenoxy) is 1. The summed E-state index contributed by atoms with van der Waals surface area (Å²) in [4.78, 5) is 13.1. The van der Waals surface area contributed by atoms with Crippen LogP contribution in [0.15, 0.2) is 0 Å². The van der Waals surface area contributed by atoms with Crippen molar-refractivity contribution in [3.05, 3.63) is 0 Å². The van der Waals surface area contributed by atoms with Gasteiger partial charge in [0.1, 0.15) is 6.29 Å². The van der Waals surface area contributed by atoms with E-state index in [9.17, 15) is 4.79 Å². The minimum absolute atomic E-state index is 0.0380. The molecule has 2 aliphatic heterocycles. The first-order valence-corrected chi connectivity index (χ1v) is 5.52. The number of hydrogen-bond acceptors (Lipinski definition) is 3. The molecule has 1 spiro atoms. The average molecular weight is 197 g/mol. The van der Waals surface area contributed by atoms with Crippen molar-refractivity contribution < 1.29 is 9.53 Å². The molecule has 0 amide bonds. The van der Waals surface area contributed by atoms with Gasteiger partial charge in [-0.2, -0.15) is 0 Å². The van der Waals surface area contributed by atoms with Gasteiger partial charge in [0.2, 0.25) is 0 Å². The van der Waals surface area contributed by atoms with Crippen LogP contribution in [0.2, 0.25) is 0 Å². The number of hydrogen-bond donors (Lipinski definition) is 0. The molecule has 2 saturated heterocycles. The summed E-state index contributed by atoms with van der Waals surface area (Å²) in [5.41, 5.74) is 0.0380. The SMILES string of the molecule is CN1CCC2(CC1)CC(C=O)CCO2. The molecule has 0 bridgehead atoms. The molecular formula is C11H19NO2. The maximum Gasteiger partial charge on any atom is 0.123 e. The molecule has 2 fully saturated rings. The zero-order valence-electron chi connectivity index (χ0n) is 8.87. The van der Waals surface area contributed by atoms with Crippen LogP contribution < -0.4 is 0 Å². The Bertz CT molecular complexity index is 209. The molecular weight excluding hydrogens is 178 g/mol. The number of carbonyl (C=O) groups is 1. The minimum Gasteiger partial charge on any atom is -0.375 e. The summed E-state index contributed by atoms with van der Waals surface area (Å²) in [5, 5.41) is 0. The Morgan fingerprint density at radius 1 is 1.43 bits per heavy atom. The minimum atomic E-state index is 0.0380. The van der Waals surface area contributed by atoms with Crippen molar-refractivity contribution in [2.45, 2.75) is 31.3 Å². The molecule has 0 aromatic rings. The second-order valence-electron chi connectivity index (χ2n) is 4.72. The number of rotatable bonds is 1. The molecule has 0 aromatic heterocycles. The number of aldehydes is 1. The lowest BCUT2D eigenvalue weighted by atomic mass is 9.80. The van der Waals surface area contributed by atoms with Gasteiger partial charge in [0.15, 0.2) is 0 Å². The summed E-state index contributed by atoms with van der Waals surface area (Å²) in [5.74, 6) is 0.243. The molecule has 2 heterocycles. The fraction of sp³-hybridized carbons (Fsp3) is 0.909. The highest BCUT2D eigenvalue weighted by molar-refractivity contribution is 5.53. The Morgan fingerprint density at radius 3 is 2.79 bits per heavy atom. The van der Waals surface area contributed by atoms with Crippen LogP contribution in [0.25, 0.3) is 0 Å². The topological polar surface area (TPSA) is 29.5 Å². The molecule has 0 saturated carbocycles. The van der Waals surface area contributed by atoms with Crippen LogP contribution in [0, 0.1) is 5.92 Å². The van der Waals surface area contributed by atoms with Gasteiger partial charge in [0.25, 0.3) is 0 Å². The molecule has 0 N–H and O–H groups in total. The van der Waals surface area contributed by atoms with Gasteiger partial charge >= 0.3 is 0 Å². The van der Waals surface area contributed by atoms with Gasteiger partial charge in [-0.1, -0.05) is 0 Å². The highest BCUT2D eigenvalue weighted by Crippen LogP contribution is 2.36. The van der Waals surface area contributed by atoms with Crippen LogP contribution in [0.4, 0.5) is 0 Å². The lowest BCUT2D eigenvalue weighted by molar-refractivity contribution is -0.137.